The van der Waals surface area contributed by atoms with Crippen molar-refractivity contribution in [2.75, 3.05) is 13.2 Å². The molecule has 0 atom stereocenters. The molecule has 0 radical (unpaired) electrons. The Morgan fingerprint density at radius 3 is 0.786 bits per heavy atom. The Hall–Kier alpha value is -1.20. The third kappa shape index (κ3) is 10.4. The van der Waals surface area contributed by atoms with Crippen LogP contribution in [0.5, 0.6) is 0 Å². The number of hydrogen-bond donors (Lipinski definition) is 0. The molecule has 0 aromatic carbocycles. The van der Waals surface area contributed by atoms with Crippen molar-refractivity contribution in [3.05, 3.63) is 0 Å². The van der Waals surface area contributed by atoms with Gasteiger partial charge in [-0.25, -0.2) is 35.1 Å². The minimum absolute atomic E-state index is 2.47. The SMILES string of the molecule is FC(F)C(F)(F)COC(F)(F)C(F)F.FC(F)C(F)(F)COC(F)(F)C(F)F. The number of halogens is 16. The molecule has 0 saturated carbocycles. The van der Waals surface area contributed by atoms with Gasteiger partial charge < -0.3 is 9.47 Å². The van der Waals surface area contributed by atoms with Crippen LogP contribution in [0.2, 0.25) is 0 Å². The molecule has 0 amide bonds. The molecule has 0 bridgehead atoms. The lowest BCUT2D eigenvalue weighted by molar-refractivity contribution is -0.325. The smallest absolute Gasteiger partial charge is 0.309 e. The van der Waals surface area contributed by atoms with Crippen molar-refractivity contribution >= 4 is 0 Å². The molecule has 0 N–H and O–H groups in total. The third-order valence-electron chi connectivity index (χ3n) is 2.06. The number of ether oxygens (including phenoxy) is 2. The molecule has 0 fully saturated rings. The quantitative estimate of drug-likeness (QED) is 0.397. The molecule has 0 saturated heterocycles. The van der Waals surface area contributed by atoms with Crippen molar-refractivity contribution in [3.8, 4) is 0 Å². The van der Waals surface area contributed by atoms with Gasteiger partial charge in [0.25, 0.3) is 0 Å². The van der Waals surface area contributed by atoms with E-state index in [0.717, 1.165) is 0 Å². The van der Waals surface area contributed by atoms with Crippen molar-refractivity contribution in [1.29, 1.82) is 0 Å². The normalized spacial score (nSPS) is 14.1. The summed E-state index contributed by atoms with van der Waals surface area (Å²) in [6, 6.07) is 0. The Bertz CT molecular complexity index is 357. The number of alkyl halides is 16. The lowest BCUT2D eigenvalue weighted by Crippen LogP contribution is -2.39. The first-order chi connectivity index (χ1) is 12.2. The minimum atomic E-state index is -5.15. The first-order valence-corrected chi connectivity index (χ1v) is 6.11. The Morgan fingerprint density at radius 1 is 0.429 bits per heavy atom. The van der Waals surface area contributed by atoms with Crippen LogP contribution < -0.4 is 0 Å². The highest BCUT2D eigenvalue weighted by Gasteiger charge is 2.50. The van der Waals surface area contributed by atoms with Gasteiger partial charge in [-0.05, 0) is 0 Å². The lowest BCUT2D eigenvalue weighted by atomic mass is 10.4. The monoisotopic (exact) mass is 464 g/mol. The highest BCUT2D eigenvalue weighted by molar-refractivity contribution is 4.70. The van der Waals surface area contributed by atoms with E-state index in [9.17, 15) is 70.2 Å². The van der Waals surface area contributed by atoms with Gasteiger partial charge in [0.2, 0.25) is 0 Å². The summed E-state index contributed by atoms with van der Waals surface area (Å²) >= 11 is 0. The van der Waals surface area contributed by atoms with E-state index in [4.69, 9.17) is 0 Å². The van der Waals surface area contributed by atoms with Gasteiger partial charge in [0.05, 0.1) is 0 Å². The van der Waals surface area contributed by atoms with Crippen LogP contribution in [-0.4, -0.2) is 63.0 Å². The van der Waals surface area contributed by atoms with E-state index in [1.165, 1.54) is 0 Å². The number of rotatable bonds is 10. The van der Waals surface area contributed by atoms with Crippen molar-refractivity contribution in [1.82, 2.24) is 0 Å². The fraction of sp³-hybridized carbons (Fsp3) is 1.00. The summed E-state index contributed by atoms with van der Waals surface area (Å²) in [6.07, 6.45) is -27.5. The molecule has 172 valence electrons. The van der Waals surface area contributed by atoms with Crippen LogP contribution in [0.15, 0.2) is 0 Å². The fourth-order valence-corrected chi connectivity index (χ4v) is 0.637. The van der Waals surface area contributed by atoms with Crippen LogP contribution in [0.1, 0.15) is 0 Å². The maximum absolute atomic E-state index is 11.9. The summed E-state index contributed by atoms with van der Waals surface area (Å²) < 4.78 is 191. The van der Waals surface area contributed by atoms with Crippen molar-refractivity contribution in [2.45, 2.75) is 49.8 Å². The largest absolute Gasteiger partial charge is 0.416 e. The summed E-state index contributed by atoms with van der Waals surface area (Å²) in [7, 11) is 0. The topological polar surface area (TPSA) is 18.5 Å². The van der Waals surface area contributed by atoms with Gasteiger partial charge in [0.1, 0.15) is 13.2 Å². The molecule has 0 aliphatic heterocycles. The molecule has 2 nitrogen and oxygen atoms in total. The lowest BCUT2D eigenvalue weighted by Gasteiger charge is -2.20. The Kier molecular flexibility index (Phi) is 10.9. The second-order valence-electron chi connectivity index (χ2n) is 4.43. The molecule has 0 aromatic heterocycles. The van der Waals surface area contributed by atoms with Crippen LogP contribution in [0.4, 0.5) is 70.2 Å². The van der Waals surface area contributed by atoms with E-state index in [1.807, 2.05) is 0 Å². The van der Waals surface area contributed by atoms with Gasteiger partial charge in [-0.1, -0.05) is 0 Å². The molecular formula is C10H8F16O2. The molecule has 0 unspecified atom stereocenters. The molecule has 28 heavy (non-hydrogen) atoms. The first kappa shape index (κ1) is 29.0. The van der Waals surface area contributed by atoms with E-state index in [2.05, 4.69) is 9.47 Å². The summed E-state index contributed by atoms with van der Waals surface area (Å²) in [4.78, 5) is 0. The molecule has 0 aliphatic rings. The fourth-order valence-electron chi connectivity index (χ4n) is 0.637. The molecule has 0 spiro atoms. The summed E-state index contributed by atoms with van der Waals surface area (Å²) in [6.45, 7) is -4.94. The molecule has 0 heterocycles. The van der Waals surface area contributed by atoms with Gasteiger partial charge in [-0.15, -0.1) is 0 Å². The predicted molar refractivity (Wildman–Crippen MR) is 55.7 cm³/mol. The van der Waals surface area contributed by atoms with Crippen LogP contribution in [-0.2, 0) is 9.47 Å². The summed E-state index contributed by atoms with van der Waals surface area (Å²) in [5.74, 6) is -9.75. The minimum Gasteiger partial charge on any atom is -0.309 e. The molecule has 0 aliphatic carbocycles. The van der Waals surface area contributed by atoms with Crippen molar-refractivity contribution in [2.24, 2.45) is 0 Å². The van der Waals surface area contributed by atoms with Gasteiger partial charge in [-0.3, -0.25) is 0 Å². The number of hydrogen-bond acceptors (Lipinski definition) is 2. The average molecular weight is 464 g/mol. The standard InChI is InChI=1S/2C5H4F8O/c2*6-2(7)4(10,11)1-14-5(12,13)3(8)9/h2*2-3H,1H2. The molecule has 0 aromatic rings. The third-order valence-corrected chi connectivity index (χ3v) is 2.06. The van der Waals surface area contributed by atoms with Crippen molar-refractivity contribution in [3.63, 3.8) is 0 Å². The zero-order chi connectivity index (χ0) is 23.1. The van der Waals surface area contributed by atoms with Gasteiger partial charge >= 0.3 is 49.8 Å². The molecule has 0 rings (SSSR count). The van der Waals surface area contributed by atoms with E-state index in [0.29, 0.717) is 0 Å². The van der Waals surface area contributed by atoms with E-state index in [-0.39, 0.29) is 0 Å². The van der Waals surface area contributed by atoms with E-state index >= 15 is 0 Å². The maximum atomic E-state index is 11.9. The van der Waals surface area contributed by atoms with Gasteiger partial charge in [0.15, 0.2) is 0 Å². The van der Waals surface area contributed by atoms with Crippen LogP contribution >= 0.6 is 0 Å². The second-order valence-corrected chi connectivity index (χ2v) is 4.43. The Balaban J connectivity index is 0. The van der Waals surface area contributed by atoms with Gasteiger partial charge in [0, 0.05) is 0 Å². The zero-order valence-corrected chi connectivity index (χ0v) is 12.6. The highest BCUT2D eigenvalue weighted by atomic mass is 19.3. The van der Waals surface area contributed by atoms with Crippen LogP contribution in [0.3, 0.4) is 0 Å². The maximum Gasteiger partial charge on any atom is 0.416 e. The predicted octanol–water partition coefficient (Wildman–Crippen LogP) is 5.52. The zero-order valence-electron chi connectivity index (χ0n) is 12.6. The summed E-state index contributed by atoms with van der Waals surface area (Å²) in [5.41, 5.74) is 0. The van der Waals surface area contributed by atoms with Crippen molar-refractivity contribution < 1.29 is 79.7 Å². The average Bonchev–Trinajstić information content (AvgIpc) is 2.51. The Labute approximate surface area is 144 Å². The second kappa shape index (κ2) is 10.5. The van der Waals surface area contributed by atoms with E-state index in [1.54, 1.807) is 0 Å². The van der Waals surface area contributed by atoms with Gasteiger partial charge in [-0.2, -0.15) is 35.1 Å². The van der Waals surface area contributed by atoms with E-state index < -0.39 is 63.0 Å². The van der Waals surface area contributed by atoms with Crippen LogP contribution in [0, 0.1) is 0 Å². The highest BCUT2D eigenvalue weighted by Crippen LogP contribution is 2.30. The first-order valence-electron chi connectivity index (χ1n) is 6.11. The molecule has 18 heteroatoms. The molecular weight excluding hydrogens is 456 g/mol. The van der Waals surface area contributed by atoms with Crippen LogP contribution in [0.25, 0.3) is 0 Å². The summed E-state index contributed by atoms with van der Waals surface area (Å²) in [5, 5.41) is 0. The Morgan fingerprint density at radius 2 is 0.643 bits per heavy atom.